The molecule has 0 saturated carbocycles. The van der Waals surface area contributed by atoms with E-state index in [0.717, 1.165) is 18.5 Å². The molecule has 2 heterocycles. The Balaban J connectivity index is 1.68. The summed E-state index contributed by atoms with van der Waals surface area (Å²) in [5.41, 5.74) is 2.38. The molecule has 1 aliphatic heterocycles. The summed E-state index contributed by atoms with van der Waals surface area (Å²) in [4.78, 5) is 16.9. The molecule has 1 aliphatic rings. The highest BCUT2D eigenvalue weighted by molar-refractivity contribution is 5.83. The van der Waals surface area contributed by atoms with Crippen LogP contribution in [0, 0.1) is 5.92 Å². The first-order valence-corrected chi connectivity index (χ1v) is 6.71. The molecule has 0 radical (unpaired) electrons. The number of aliphatic hydroxyl groups is 1. The fourth-order valence-electron chi connectivity index (χ4n) is 2.79. The number of aromatic amines is 1. The van der Waals surface area contributed by atoms with Gasteiger partial charge in [-0.2, -0.15) is 0 Å². The minimum atomic E-state index is 0.106. The van der Waals surface area contributed by atoms with Gasteiger partial charge in [0.05, 0.1) is 0 Å². The monoisotopic (exact) mass is 258 g/mol. The summed E-state index contributed by atoms with van der Waals surface area (Å²) in [6.07, 6.45) is 3.37. The van der Waals surface area contributed by atoms with E-state index in [0.29, 0.717) is 13.0 Å². The van der Waals surface area contributed by atoms with Crippen molar-refractivity contribution < 1.29 is 9.90 Å². The molecular formula is C15H18N2O2. The molecule has 1 aromatic heterocycles. The van der Waals surface area contributed by atoms with Crippen molar-refractivity contribution in [3.05, 3.63) is 36.0 Å². The first kappa shape index (κ1) is 12.2. The van der Waals surface area contributed by atoms with Crippen LogP contribution >= 0.6 is 0 Å². The highest BCUT2D eigenvalue weighted by atomic mass is 16.3. The topological polar surface area (TPSA) is 56.3 Å². The first-order valence-electron chi connectivity index (χ1n) is 6.71. The summed E-state index contributed by atoms with van der Waals surface area (Å²) in [7, 11) is 0. The predicted octanol–water partition coefficient (Wildman–Crippen LogP) is 1.55. The second kappa shape index (κ2) is 5.05. The van der Waals surface area contributed by atoms with Crippen LogP contribution in [-0.2, 0) is 11.2 Å². The number of hydrogen-bond donors (Lipinski definition) is 2. The molecular weight excluding hydrogens is 240 g/mol. The average molecular weight is 258 g/mol. The predicted molar refractivity (Wildman–Crippen MR) is 73.8 cm³/mol. The van der Waals surface area contributed by atoms with E-state index >= 15 is 0 Å². The Morgan fingerprint density at radius 2 is 2.21 bits per heavy atom. The molecule has 4 nitrogen and oxygen atoms in total. The van der Waals surface area contributed by atoms with Gasteiger partial charge in [-0.05, 0) is 18.1 Å². The SMILES string of the molecule is O=C1CC(CO)CN1CCc1c[nH]c2ccccc12. The zero-order valence-corrected chi connectivity index (χ0v) is 10.8. The molecule has 100 valence electrons. The number of H-pyrrole nitrogens is 1. The van der Waals surface area contributed by atoms with Gasteiger partial charge in [0.2, 0.25) is 5.91 Å². The number of carbonyl (C=O) groups excluding carboxylic acids is 1. The minimum Gasteiger partial charge on any atom is -0.396 e. The second-order valence-corrected chi connectivity index (χ2v) is 5.20. The van der Waals surface area contributed by atoms with Crippen LogP contribution in [0.4, 0.5) is 0 Å². The van der Waals surface area contributed by atoms with Gasteiger partial charge in [0, 0.05) is 49.1 Å². The molecule has 1 aromatic carbocycles. The molecule has 1 atom stereocenters. The quantitative estimate of drug-likeness (QED) is 0.874. The molecule has 1 amide bonds. The summed E-state index contributed by atoms with van der Waals surface area (Å²) in [6, 6.07) is 8.20. The highest BCUT2D eigenvalue weighted by Crippen LogP contribution is 2.21. The molecule has 0 bridgehead atoms. The van der Waals surface area contributed by atoms with Crippen molar-refractivity contribution in [3.8, 4) is 0 Å². The van der Waals surface area contributed by atoms with Crippen molar-refractivity contribution >= 4 is 16.8 Å². The van der Waals surface area contributed by atoms with E-state index in [9.17, 15) is 4.79 Å². The summed E-state index contributed by atoms with van der Waals surface area (Å²) in [5, 5.41) is 10.3. The van der Waals surface area contributed by atoms with Crippen LogP contribution in [0.25, 0.3) is 10.9 Å². The Morgan fingerprint density at radius 3 is 3.00 bits per heavy atom. The molecule has 1 saturated heterocycles. The maximum atomic E-state index is 11.8. The fourth-order valence-corrected chi connectivity index (χ4v) is 2.79. The van der Waals surface area contributed by atoms with Crippen molar-refractivity contribution in [1.29, 1.82) is 0 Å². The normalized spacial score (nSPS) is 19.5. The highest BCUT2D eigenvalue weighted by Gasteiger charge is 2.28. The molecule has 2 N–H and O–H groups in total. The summed E-state index contributed by atoms with van der Waals surface area (Å²) in [6.45, 7) is 1.53. The third-order valence-corrected chi connectivity index (χ3v) is 3.88. The van der Waals surface area contributed by atoms with Crippen LogP contribution < -0.4 is 0 Å². The number of carbonyl (C=O) groups is 1. The van der Waals surface area contributed by atoms with Crippen molar-refractivity contribution in [3.63, 3.8) is 0 Å². The van der Waals surface area contributed by atoms with E-state index in [-0.39, 0.29) is 18.4 Å². The van der Waals surface area contributed by atoms with E-state index in [4.69, 9.17) is 5.11 Å². The lowest BCUT2D eigenvalue weighted by atomic mass is 10.1. The zero-order chi connectivity index (χ0) is 13.2. The lowest BCUT2D eigenvalue weighted by Crippen LogP contribution is -2.27. The standard InChI is InChI=1S/C15H18N2O2/c18-10-11-7-15(19)17(9-11)6-5-12-8-16-14-4-2-1-3-13(12)14/h1-4,8,11,16,18H,5-7,9-10H2. The van der Waals surface area contributed by atoms with Gasteiger partial charge < -0.3 is 15.0 Å². The van der Waals surface area contributed by atoms with Crippen molar-refractivity contribution in [2.45, 2.75) is 12.8 Å². The lowest BCUT2D eigenvalue weighted by molar-refractivity contribution is -0.127. The molecule has 4 heteroatoms. The maximum Gasteiger partial charge on any atom is 0.223 e. The largest absolute Gasteiger partial charge is 0.396 e. The van der Waals surface area contributed by atoms with Crippen molar-refractivity contribution in [2.24, 2.45) is 5.92 Å². The summed E-state index contributed by atoms with van der Waals surface area (Å²) in [5.74, 6) is 0.286. The Labute approximate surface area is 112 Å². The van der Waals surface area contributed by atoms with Gasteiger partial charge in [-0.25, -0.2) is 0 Å². The molecule has 2 aromatic rings. The third-order valence-electron chi connectivity index (χ3n) is 3.88. The van der Waals surface area contributed by atoms with Crippen LogP contribution in [0.15, 0.2) is 30.5 Å². The molecule has 1 fully saturated rings. The van der Waals surface area contributed by atoms with Gasteiger partial charge in [-0.15, -0.1) is 0 Å². The Bertz CT molecular complexity index is 591. The van der Waals surface area contributed by atoms with Crippen LogP contribution in [0.2, 0.25) is 0 Å². The van der Waals surface area contributed by atoms with Crippen molar-refractivity contribution in [1.82, 2.24) is 9.88 Å². The van der Waals surface area contributed by atoms with E-state index in [1.165, 1.54) is 10.9 Å². The number of benzene rings is 1. The van der Waals surface area contributed by atoms with E-state index in [1.54, 1.807) is 0 Å². The maximum absolute atomic E-state index is 11.8. The first-order chi connectivity index (χ1) is 9.28. The van der Waals surface area contributed by atoms with Gasteiger partial charge >= 0.3 is 0 Å². The van der Waals surface area contributed by atoms with Crippen molar-refractivity contribution in [2.75, 3.05) is 19.7 Å². The van der Waals surface area contributed by atoms with E-state index < -0.39 is 0 Å². The number of hydrogen-bond acceptors (Lipinski definition) is 2. The van der Waals surface area contributed by atoms with E-state index in [1.807, 2.05) is 23.2 Å². The van der Waals surface area contributed by atoms with Crippen LogP contribution in [-0.4, -0.2) is 40.6 Å². The van der Waals surface area contributed by atoms with Gasteiger partial charge in [0.25, 0.3) is 0 Å². The Hall–Kier alpha value is -1.81. The van der Waals surface area contributed by atoms with Crippen LogP contribution in [0.3, 0.4) is 0 Å². The summed E-state index contributed by atoms with van der Waals surface area (Å²) < 4.78 is 0. The number of nitrogens with zero attached hydrogens (tertiary/aromatic N) is 1. The average Bonchev–Trinajstić information content (AvgIpc) is 3.00. The Morgan fingerprint density at radius 1 is 1.37 bits per heavy atom. The minimum absolute atomic E-state index is 0.106. The molecule has 19 heavy (non-hydrogen) atoms. The number of fused-ring (bicyclic) bond motifs is 1. The number of aromatic nitrogens is 1. The number of para-hydroxylation sites is 1. The Kier molecular flexibility index (Phi) is 3.25. The lowest BCUT2D eigenvalue weighted by Gasteiger charge is -2.15. The fraction of sp³-hybridized carbons (Fsp3) is 0.400. The molecule has 3 rings (SSSR count). The van der Waals surface area contributed by atoms with Gasteiger partial charge in [0.15, 0.2) is 0 Å². The van der Waals surface area contributed by atoms with Gasteiger partial charge in [-0.3, -0.25) is 4.79 Å². The number of amides is 1. The molecule has 0 spiro atoms. The van der Waals surface area contributed by atoms with Gasteiger partial charge in [-0.1, -0.05) is 18.2 Å². The number of nitrogens with one attached hydrogen (secondary N) is 1. The summed E-state index contributed by atoms with van der Waals surface area (Å²) >= 11 is 0. The van der Waals surface area contributed by atoms with Gasteiger partial charge in [0.1, 0.15) is 0 Å². The number of rotatable bonds is 4. The smallest absolute Gasteiger partial charge is 0.223 e. The third kappa shape index (κ3) is 2.36. The molecule has 0 aliphatic carbocycles. The van der Waals surface area contributed by atoms with Crippen LogP contribution in [0.1, 0.15) is 12.0 Å². The number of aliphatic hydroxyl groups excluding tert-OH is 1. The number of likely N-dealkylation sites (tertiary alicyclic amines) is 1. The second-order valence-electron chi connectivity index (χ2n) is 5.20. The molecule has 1 unspecified atom stereocenters. The van der Waals surface area contributed by atoms with E-state index in [2.05, 4.69) is 17.1 Å². The zero-order valence-electron chi connectivity index (χ0n) is 10.8. The van der Waals surface area contributed by atoms with Crippen LogP contribution in [0.5, 0.6) is 0 Å².